The molecule has 0 aliphatic heterocycles. The van der Waals surface area contributed by atoms with E-state index in [0.717, 1.165) is 42.5 Å². The van der Waals surface area contributed by atoms with Crippen LogP contribution in [0.4, 0.5) is 17.6 Å². The van der Waals surface area contributed by atoms with E-state index in [1.165, 1.54) is 12.1 Å². The maximum Gasteiger partial charge on any atom is 0.416 e. The monoisotopic (exact) mass is 500 g/mol. The van der Waals surface area contributed by atoms with E-state index in [1.807, 2.05) is 0 Å². The Bertz CT molecular complexity index is 1110. The smallest absolute Gasteiger partial charge is 0.416 e. The number of nitrogens with one attached hydrogen (secondary N) is 2. The van der Waals surface area contributed by atoms with Crippen molar-refractivity contribution in [1.29, 1.82) is 0 Å². The van der Waals surface area contributed by atoms with Gasteiger partial charge in [0, 0.05) is 23.9 Å². The number of hydrogen-bond donors (Lipinski definition) is 3. The molecule has 0 spiro atoms. The molecule has 2 aromatic rings. The van der Waals surface area contributed by atoms with Crippen molar-refractivity contribution < 1.29 is 30.7 Å². The molecule has 1 fully saturated rings. The first-order chi connectivity index (χ1) is 16.1. The van der Waals surface area contributed by atoms with Gasteiger partial charge in [0.2, 0.25) is 10.9 Å². The minimum atomic E-state index is -4.41. The molecule has 2 aromatic carbocycles. The summed E-state index contributed by atoms with van der Waals surface area (Å²) >= 11 is 0. The van der Waals surface area contributed by atoms with Crippen molar-refractivity contribution in [3.8, 4) is 5.75 Å². The molecule has 2 atom stereocenters. The molecule has 1 saturated carbocycles. The summed E-state index contributed by atoms with van der Waals surface area (Å²) in [7, 11) is -0.941. The Morgan fingerprint density at radius 1 is 1.18 bits per heavy atom. The molecule has 34 heavy (non-hydrogen) atoms. The van der Waals surface area contributed by atoms with Gasteiger partial charge >= 0.3 is 6.18 Å². The zero-order valence-electron chi connectivity index (χ0n) is 18.8. The highest BCUT2D eigenvalue weighted by Gasteiger charge is 2.38. The second-order valence-electron chi connectivity index (χ2n) is 9.19. The molecule has 2 aliphatic carbocycles. The summed E-state index contributed by atoms with van der Waals surface area (Å²) in [5.74, 6) is -0.570. The molecule has 10 heteroatoms. The minimum absolute atomic E-state index is 0.0463. The standard InChI is InChI=1S/C24H28F4N2O3S/c1-29-21-13-16-12-20(25)22(33-9-8-23(6-3-7-23)30-34(31)32)14-18(16)19(21)11-15-4-2-5-17(10-15)24(26,27)28/h2,4-5,10,12,14,19,21,29,34H,3,6-9,11,13H2,1H3,(H,30,31,32). The Morgan fingerprint density at radius 2 is 1.94 bits per heavy atom. The van der Waals surface area contributed by atoms with Gasteiger partial charge in [0.25, 0.3) is 0 Å². The summed E-state index contributed by atoms with van der Waals surface area (Å²) in [6.07, 6.45) is -0.689. The largest absolute Gasteiger partial charge is 0.490 e. The lowest BCUT2D eigenvalue weighted by atomic mass is 9.75. The zero-order chi connectivity index (χ0) is 24.5. The van der Waals surface area contributed by atoms with E-state index in [1.54, 1.807) is 19.2 Å². The van der Waals surface area contributed by atoms with Gasteiger partial charge < -0.3 is 10.1 Å². The number of likely N-dealkylation sites (N-methyl/N-ethyl adjacent to an activating group) is 1. The molecule has 0 radical (unpaired) electrons. The van der Waals surface area contributed by atoms with Crippen LogP contribution in [0.1, 0.15) is 53.9 Å². The molecular formula is C24H28F4N2O3S. The van der Waals surface area contributed by atoms with Gasteiger partial charge in [-0.15, -0.1) is 0 Å². The number of thiol groups is 1. The van der Waals surface area contributed by atoms with Crippen molar-refractivity contribution in [3.05, 3.63) is 64.5 Å². The Morgan fingerprint density at radius 3 is 2.56 bits per heavy atom. The summed E-state index contributed by atoms with van der Waals surface area (Å²) in [6, 6.07) is 8.33. The molecule has 5 nitrogen and oxygen atoms in total. The maximum absolute atomic E-state index is 14.8. The van der Waals surface area contributed by atoms with Crippen LogP contribution in [0.3, 0.4) is 0 Å². The topological polar surface area (TPSA) is 67.4 Å². The number of alkyl halides is 3. The van der Waals surface area contributed by atoms with Gasteiger partial charge in [-0.1, -0.05) is 18.2 Å². The SMILES string of the molecule is CNC1Cc2cc(F)c(OCCC3(N[SH](=O)=O)CCC3)cc2C1Cc1cccc(C(F)(F)F)c1. The first-order valence-electron chi connectivity index (χ1n) is 11.3. The molecule has 4 rings (SSSR count). The van der Waals surface area contributed by atoms with Crippen LogP contribution in [-0.2, 0) is 29.9 Å². The van der Waals surface area contributed by atoms with E-state index in [4.69, 9.17) is 4.74 Å². The second kappa shape index (κ2) is 9.83. The lowest BCUT2D eigenvalue weighted by molar-refractivity contribution is -0.137. The molecule has 0 heterocycles. The first kappa shape index (κ1) is 24.9. The van der Waals surface area contributed by atoms with Crippen molar-refractivity contribution in [3.63, 3.8) is 0 Å². The van der Waals surface area contributed by atoms with Crippen molar-refractivity contribution in [1.82, 2.24) is 10.0 Å². The molecule has 2 N–H and O–H groups in total. The third-order valence-corrected chi connectivity index (χ3v) is 7.73. The van der Waals surface area contributed by atoms with E-state index in [9.17, 15) is 26.0 Å². The van der Waals surface area contributed by atoms with Crippen molar-refractivity contribution in [2.75, 3.05) is 13.7 Å². The number of fused-ring (bicyclic) bond motifs is 1. The van der Waals surface area contributed by atoms with Gasteiger partial charge in [0.05, 0.1) is 12.2 Å². The van der Waals surface area contributed by atoms with Crippen LogP contribution in [0.25, 0.3) is 0 Å². The van der Waals surface area contributed by atoms with E-state index in [2.05, 4.69) is 10.0 Å². The maximum atomic E-state index is 14.8. The minimum Gasteiger partial charge on any atom is -0.490 e. The lowest BCUT2D eigenvalue weighted by Crippen LogP contribution is -2.51. The highest BCUT2D eigenvalue weighted by molar-refractivity contribution is 7.70. The molecule has 0 amide bonds. The molecule has 186 valence electrons. The van der Waals surface area contributed by atoms with Crippen LogP contribution in [0.5, 0.6) is 5.75 Å². The highest BCUT2D eigenvalue weighted by atomic mass is 32.2. The number of rotatable bonds is 9. The first-order valence-corrected chi connectivity index (χ1v) is 12.5. The fourth-order valence-electron chi connectivity index (χ4n) is 5.09. The van der Waals surface area contributed by atoms with E-state index < -0.39 is 34.0 Å². The summed E-state index contributed by atoms with van der Waals surface area (Å²) in [5, 5.41) is 3.21. The predicted molar refractivity (Wildman–Crippen MR) is 121 cm³/mol. The summed E-state index contributed by atoms with van der Waals surface area (Å²) < 4.78 is 84.7. The average Bonchev–Trinajstić information content (AvgIpc) is 3.07. The van der Waals surface area contributed by atoms with Crippen LogP contribution in [-0.4, -0.2) is 33.7 Å². The molecule has 0 bridgehead atoms. The molecule has 2 unspecified atom stereocenters. The quantitative estimate of drug-likeness (QED) is 0.358. The molecule has 2 aliphatic rings. The highest BCUT2D eigenvalue weighted by Crippen LogP contribution is 2.40. The van der Waals surface area contributed by atoms with Gasteiger partial charge in [0.15, 0.2) is 11.6 Å². The number of hydrogen-bond acceptors (Lipinski definition) is 4. The van der Waals surface area contributed by atoms with Gasteiger partial charge in [-0.3, -0.25) is 0 Å². The Labute approximate surface area is 198 Å². The van der Waals surface area contributed by atoms with Crippen molar-refractivity contribution in [2.24, 2.45) is 0 Å². The zero-order valence-corrected chi connectivity index (χ0v) is 19.6. The van der Waals surface area contributed by atoms with E-state index in [0.29, 0.717) is 24.8 Å². The van der Waals surface area contributed by atoms with Crippen LogP contribution >= 0.6 is 0 Å². The lowest BCUT2D eigenvalue weighted by Gasteiger charge is -2.40. The third-order valence-electron chi connectivity index (χ3n) is 7.08. The average molecular weight is 501 g/mol. The summed E-state index contributed by atoms with van der Waals surface area (Å²) in [6.45, 7) is 0.152. The number of ether oxygens (including phenoxy) is 1. The van der Waals surface area contributed by atoms with Crippen LogP contribution in [0.15, 0.2) is 36.4 Å². The van der Waals surface area contributed by atoms with Gasteiger partial charge in [-0.2, -0.15) is 13.2 Å². The Hall–Kier alpha value is -2.17. The van der Waals surface area contributed by atoms with Crippen LogP contribution in [0.2, 0.25) is 0 Å². The van der Waals surface area contributed by atoms with Crippen molar-refractivity contribution >= 4 is 10.9 Å². The third kappa shape index (κ3) is 5.39. The number of benzene rings is 2. The van der Waals surface area contributed by atoms with E-state index >= 15 is 0 Å². The van der Waals surface area contributed by atoms with E-state index in [-0.39, 0.29) is 24.3 Å². The van der Waals surface area contributed by atoms with Gasteiger partial charge in [-0.25, -0.2) is 17.5 Å². The van der Waals surface area contributed by atoms with Crippen LogP contribution in [0, 0.1) is 5.82 Å². The number of halogens is 4. The summed E-state index contributed by atoms with van der Waals surface area (Å²) in [5.41, 5.74) is 1.01. The fraction of sp³-hybridized carbons (Fsp3) is 0.500. The Balaban J connectivity index is 1.52. The normalized spacial score (nSPS) is 21.4. The summed E-state index contributed by atoms with van der Waals surface area (Å²) in [4.78, 5) is 0. The van der Waals surface area contributed by atoms with Crippen molar-refractivity contribution in [2.45, 2.75) is 62.2 Å². The van der Waals surface area contributed by atoms with Gasteiger partial charge in [-0.05, 0) is 74.0 Å². The van der Waals surface area contributed by atoms with Crippen LogP contribution < -0.4 is 14.8 Å². The predicted octanol–water partition coefficient (Wildman–Crippen LogP) is 4.12. The molecular weight excluding hydrogens is 472 g/mol. The van der Waals surface area contributed by atoms with Gasteiger partial charge in [0.1, 0.15) is 0 Å². The molecule has 0 aromatic heterocycles. The Kier molecular flexibility index (Phi) is 7.21. The molecule has 0 saturated heterocycles. The second-order valence-corrected chi connectivity index (χ2v) is 9.93. The fourth-order valence-corrected chi connectivity index (χ4v) is 5.82.